The average Bonchev–Trinajstić information content (AvgIpc) is 2.99. The van der Waals surface area contributed by atoms with E-state index in [1.54, 1.807) is 24.3 Å². The van der Waals surface area contributed by atoms with Crippen molar-refractivity contribution in [2.45, 2.75) is 12.8 Å². The number of aromatic nitrogens is 4. The molecule has 8 heteroatoms. The fourth-order valence-electron chi connectivity index (χ4n) is 3.01. The van der Waals surface area contributed by atoms with Gasteiger partial charge in [-0.3, -0.25) is 4.79 Å². The Bertz CT molecular complexity index is 1140. The van der Waals surface area contributed by atoms with Crippen LogP contribution in [0.2, 0.25) is 5.02 Å². The number of benzene rings is 2. The van der Waals surface area contributed by atoms with E-state index in [4.69, 9.17) is 16.3 Å². The van der Waals surface area contributed by atoms with Crippen LogP contribution < -0.4 is 10.1 Å². The van der Waals surface area contributed by atoms with Gasteiger partial charge in [0.1, 0.15) is 5.52 Å². The van der Waals surface area contributed by atoms with Crippen LogP contribution in [0, 0.1) is 0 Å². The van der Waals surface area contributed by atoms with Gasteiger partial charge in [0.25, 0.3) is 0 Å². The molecule has 2 heterocycles. The molecule has 0 fully saturated rings. The topological polar surface area (TPSA) is 81.9 Å². The highest BCUT2D eigenvalue weighted by Gasteiger charge is 2.12. The van der Waals surface area contributed by atoms with Crippen molar-refractivity contribution in [1.29, 1.82) is 0 Å². The summed E-state index contributed by atoms with van der Waals surface area (Å²) in [6.07, 6.45) is 0.863. The molecule has 4 rings (SSSR count). The van der Waals surface area contributed by atoms with Crippen molar-refractivity contribution in [3.63, 3.8) is 0 Å². The minimum atomic E-state index is -0.0888. The fraction of sp³-hybridized carbons (Fsp3) is 0.200. The van der Waals surface area contributed by atoms with Gasteiger partial charge in [0.15, 0.2) is 5.65 Å². The van der Waals surface area contributed by atoms with Crippen molar-refractivity contribution < 1.29 is 9.53 Å². The summed E-state index contributed by atoms with van der Waals surface area (Å²) in [5.41, 5.74) is 3.21. The zero-order valence-electron chi connectivity index (χ0n) is 15.2. The van der Waals surface area contributed by atoms with Crippen LogP contribution in [0.3, 0.4) is 0 Å². The zero-order chi connectivity index (χ0) is 19.5. The second-order valence-corrected chi connectivity index (χ2v) is 6.79. The Balaban J connectivity index is 1.34. The predicted octanol–water partition coefficient (Wildman–Crippen LogP) is 3.97. The van der Waals surface area contributed by atoms with Gasteiger partial charge in [-0.1, -0.05) is 34.9 Å². The summed E-state index contributed by atoms with van der Waals surface area (Å²) in [7, 11) is 1.93. The Morgan fingerprint density at radius 3 is 2.75 bits per heavy atom. The number of rotatable bonds is 6. The van der Waals surface area contributed by atoms with E-state index >= 15 is 0 Å². The zero-order valence-corrected chi connectivity index (χ0v) is 16.0. The maximum absolute atomic E-state index is 12.0. The number of fused-ring (bicyclic) bond motifs is 3. The van der Waals surface area contributed by atoms with Crippen LogP contribution in [0.25, 0.3) is 22.1 Å². The number of hydrogen-bond acceptors (Lipinski definition) is 5. The lowest BCUT2D eigenvalue weighted by Crippen LogP contribution is -2.13. The number of para-hydroxylation sites is 1. The summed E-state index contributed by atoms with van der Waals surface area (Å²) >= 11 is 5.83. The first-order valence-electron chi connectivity index (χ1n) is 8.88. The molecule has 0 atom stereocenters. The van der Waals surface area contributed by atoms with Gasteiger partial charge in [-0.25, -0.2) is 0 Å². The van der Waals surface area contributed by atoms with Crippen molar-refractivity contribution in [2.24, 2.45) is 7.05 Å². The van der Waals surface area contributed by atoms with Crippen LogP contribution in [-0.4, -0.2) is 32.3 Å². The summed E-state index contributed by atoms with van der Waals surface area (Å²) < 4.78 is 7.55. The molecule has 2 aromatic carbocycles. The molecule has 0 aliphatic carbocycles. The molecular formula is C20H18ClN5O2. The maximum Gasteiger partial charge on any atom is 0.337 e. The standard InChI is InChI=1S/C20H18ClN5O2/c1-26-16-6-3-2-5-15(16)18-19(26)23-20(25-24-18)28-12-4-7-17(27)22-14-10-8-13(21)9-11-14/h2-3,5-6,8-11H,4,7,12H2,1H3,(H,22,27). The van der Waals surface area contributed by atoms with Crippen LogP contribution in [0.4, 0.5) is 5.69 Å². The molecule has 0 aliphatic rings. The van der Waals surface area contributed by atoms with Crippen molar-refractivity contribution in [1.82, 2.24) is 19.7 Å². The maximum atomic E-state index is 12.0. The average molecular weight is 396 g/mol. The first kappa shape index (κ1) is 18.2. The summed E-state index contributed by atoms with van der Waals surface area (Å²) in [6, 6.07) is 15.1. The second kappa shape index (κ2) is 7.82. The highest BCUT2D eigenvalue weighted by molar-refractivity contribution is 6.30. The van der Waals surface area contributed by atoms with E-state index in [1.165, 1.54) is 0 Å². The molecule has 0 unspecified atom stereocenters. The smallest absolute Gasteiger partial charge is 0.337 e. The van der Waals surface area contributed by atoms with Crippen LogP contribution in [0.5, 0.6) is 6.01 Å². The number of ether oxygens (including phenoxy) is 1. The first-order chi connectivity index (χ1) is 13.6. The molecule has 0 radical (unpaired) electrons. The molecule has 2 aromatic heterocycles. The lowest BCUT2D eigenvalue weighted by atomic mass is 10.2. The van der Waals surface area contributed by atoms with Crippen molar-refractivity contribution in [2.75, 3.05) is 11.9 Å². The third kappa shape index (κ3) is 3.75. The highest BCUT2D eigenvalue weighted by atomic mass is 35.5. The van der Waals surface area contributed by atoms with Crippen LogP contribution in [-0.2, 0) is 11.8 Å². The SMILES string of the molecule is Cn1c2ccccc2c2nnc(OCCCC(=O)Nc3ccc(Cl)cc3)nc21. The van der Waals surface area contributed by atoms with E-state index in [1.807, 2.05) is 35.9 Å². The van der Waals surface area contributed by atoms with Gasteiger partial charge in [0.05, 0.1) is 12.1 Å². The third-order valence-electron chi connectivity index (χ3n) is 4.39. The second-order valence-electron chi connectivity index (χ2n) is 6.35. The molecule has 0 aliphatic heterocycles. The molecule has 4 aromatic rings. The van der Waals surface area contributed by atoms with E-state index < -0.39 is 0 Å². The van der Waals surface area contributed by atoms with Crippen molar-refractivity contribution in [3.05, 3.63) is 53.6 Å². The quantitative estimate of drug-likeness (QED) is 0.499. The molecule has 0 saturated carbocycles. The number of halogens is 1. The van der Waals surface area contributed by atoms with Crippen molar-refractivity contribution in [3.8, 4) is 6.01 Å². The first-order valence-corrected chi connectivity index (χ1v) is 9.25. The predicted molar refractivity (Wildman–Crippen MR) is 109 cm³/mol. The highest BCUT2D eigenvalue weighted by Crippen LogP contribution is 2.25. The molecule has 7 nitrogen and oxygen atoms in total. The van der Waals surface area contributed by atoms with Gasteiger partial charge < -0.3 is 14.6 Å². The number of anilines is 1. The molecule has 0 bridgehead atoms. The van der Waals surface area contributed by atoms with Gasteiger partial charge in [-0.15, -0.1) is 5.10 Å². The molecule has 1 amide bonds. The van der Waals surface area contributed by atoms with Crippen LogP contribution in [0.15, 0.2) is 48.5 Å². The Morgan fingerprint density at radius 1 is 1.14 bits per heavy atom. The number of nitrogens with one attached hydrogen (secondary N) is 1. The van der Waals surface area contributed by atoms with Gasteiger partial charge in [0.2, 0.25) is 5.91 Å². The summed E-state index contributed by atoms with van der Waals surface area (Å²) in [6.45, 7) is 0.325. The van der Waals surface area contributed by atoms with E-state index in [2.05, 4.69) is 20.5 Å². The lowest BCUT2D eigenvalue weighted by Gasteiger charge is -2.06. The van der Waals surface area contributed by atoms with E-state index in [-0.39, 0.29) is 11.9 Å². The number of carbonyl (C=O) groups is 1. The summed E-state index contributed by atoms with van der Waals surface area (Å²) in [5, 5.41) is 12.8. The molecule has 142 valence electrons. The number of hydrogen-bond donors (Lipinski definition) is 1. The normalized spacial score (nSPS) is 11.1. The molecular weight excluding hydrogens is 378 g/mol. The molecule has 0 saturated heterocycles. The third-order valence-corrected chi connectivity index (χ3v) is 4.65. The number of nitrogens with zero attached hydrogens (tertiary/aromatic N) is 4. The van der Waals surface area contributed by atoms with Crippen molar-refractivity contribution >= 4 is 45.3 Å². The van der Waals surface area contributed by atoms with Gasteiger partial charge in [-0.05, 0) is 36.8 Å². The Labute approximate surface area is 166 Å². The summed E-state index contributed by atoms with van der Waals surface area (Å²) in [5.74, 6) is -0.0888. The number of amides is 1. The van der Waals surface area contributed by atoms with E-state index in [9.17, 15) is 4.79 Å². The number of aryl methyl sites for hydroxylation is 1. The minimum absolute atomic E-state index is 0.0888. The molecule has 0 spiro atoms. The molecule has 28 heavy (non-hydrogen) atoms. The summed E-state index contributed by atoms with van der Waals surface area (Å²) in [4.78, 5) is 16.4. The van der Waals surface area contributed by atoms with Crippen LogP contribution >= 0.6 is 11.6 Å². The lowest BCUT2D eigenvalue weighted by molar-refractivity contribution is -0.116. The number of carbonyl (C=O) groups excluding carboxylic acids is 1. The minimum Gasteiger partial charge on any atom is -0.462 e. The van der Waals surface area contributed by atoms with E-state index in [0.717, 1.165) is 16.4 Å². The van der Waals surface area contributed by atoms with E-state index in [0.29, 0.717) is 35.8 Å². The van der Waals surface area contributed by atoms with Gasteiger partial charge >= 0.3 is 6.01 Å². The monoisotopic (exact) mass is 395 g/mol. The van der Waals surface area contributed by atoms with Gasteiger partial charge in [0, 0.05) is 29.6 Å². The van der Waals surface area contributed by atoms with Gasteiger partial charge in [-0.2, -0.15) is 4.98 Å². The van der Waals surface area contributed by atoms with Crippen LogP contribution in [0.1, 0.15) is 12.8 Å². The largest absolute Gasteiger partial charge is 0.462 e. The Hall–Kier alpha value is -3.19. The fourth-order valence-corrected chi connectivity index (χ4v) is 3.13. The molecule has 1 N–H and O–H groups in total. The Kier molecular flexibility index (Phi) is 5.08. The Morgan fingerprint density at radius 2 is 1.93 bits per heavy atom.